The van der Waals surface area contributed by atoms with Crippen molar-refractivity contribution in [3.63, 3.8) is 0 Å². The van der Waals surface area contributed by atoms with Crippen LogP contribution in [-0.4, -0.2) is 37.1 Å². The number of rotatable bonds is 2. The zero-order chi connectivity index (χ0) is 6.85. The molecule has 0 bridgehead atoms. The van der Waals surface area contributed by atoms with Crippen LogP contribution >= 0.6 is 0 Å². The van der Waals surface area contributed by atoms with Crippen molar-refractivity contribution in [1.82, 2.24) is 4.90 Å². The lowest BCUT2D eigenvalue weighted by Gasteiger charge is -1.97. The molecule has 0 aromatic carbocycles. The fraction of sp³-hybridized carbons (Fsp3) is 0.833. The van der Waals surface area contributed by atoms with Crippen LogP contribution in [0.15, 0.2) is 0 Å². The highest BCUT2D eigenvalue weighted by Crippen LogP contribution is 2.14. The maximum Gasteiger partial charge on any atom is 0.324 e. The molecule has 0 N–H and O–H groups in total. The lowest BCUT2D eigenvalue weighted by molar-refractivity contribution is -0.143. The van der Waals surface area contributed by atoms with Gasteiger partial charge in [0.1, 0.15) is 6.04 Å². The second-order valence-electron chi connectivity index (χ2n) is 2.21. The van der Waals surface area contributed by atoms with Gasteiger partial charge in [0, 0.05) is 6.54 Å². The average Bonchev–Trinajstić information content (AvgIpc) is 2.47. The molecule has 9 heavy (non-hydrogen) atoms. The Morgan fingerprint density at radius 1 is 1.89 bits per heavy atom. The van der Waals surface area contributed by atoms with E-state index in [1.165, 1.54) is 0 Å². The highest BCUT2D eigenvalue weighted by atomic mass is 16.5. The van der Waals surface area contributed by atoms with Gasteiger partial charge >= 0.3 is 5.97 Å². The summed E-state index contributed by atoms with van der Waals surface area (Å²) in [7, 11) is 1.90. The van der Waals surface area contributed by atoms with E-state index in [9.17, 15) is 4.79 Å². The Bertz CT molecular complexity index is 124. The Labute approximate surface area is 54.6 Å². The molecular formula is C6H11NO2. The Kier molecular flexibility index (Phi) is 1.71. The topological polar surface area (TPSA) is 29.3 Å². The van der Waals surface area contributed by atoms with Gasteiger partial charge in [0.05, 0.1) is 6.61 Å². The van der Waals surface area contributed by atoms with Crippen LogP contribution < -0.4 is 0 Å². The van der Waals surface area contributed by atoms with Gasteiger partial charge in [0.2, 0.25) is 0 Å². The van der Waals surface area contributed by atoms with Crippen LogP contribution in [0.5, 0.6) is 0 Å². The van der Waals surface area contributed by atoms with E-state index in [0.29, 0.717) is 6.61 Å². The average molecular weight is 129 g/mol. The Morgan fingerprint density at radius 2 is 2.44 bits per heavy atom. The molecule has 1 saturated heterocycles. The third-order valence-electron chi connectivity index (χ3n) is 1.42. The number of carbonyl (C=O) groups is 1. The standard InChI is InChI=1S/C6H11NO2/c1-3-9-6(8)5-4-7(5)2/h5H,3-4H2,1-2H3. The van der Waals surface area contributed by atoms with E-state index in [0.717, 1.165) is 6.54 Å². The zero-order valence-electron chi connectivity index (χ0n) is 5.76. The molecule has 2 atom stereocenters. The van der Waals surface area contributed by atoms with Gasteiger partial charge in [-0.1, -0.05) is 0 Å². The third-order valence-corrected chi connectivity index (χ3v) is 1.42. The second-order valence-corrected chi connectivity index (χ2v) is 2.21. The molecule has 0 aromatic heterocycles. The summed E-state index contributed by atoms with van der Waals surface area (Å²) in [5.41, 5.74) is 0. The minimum atomic E-state index is -0.0833. The van der Waals surface area contributed by atoms with Crippen molar-refractivity contribution in [2.24, 2.45) is 0 Å². The summed E-state index contributed by atoms with van der Waals surface area (Å²) in [5.74, 6) is -0.0833. The number of esters is 1. The van der Waals surface area contributed by atoms with Crippen LogP contribution in [0.4, 0.5) is 0 Å². The maximum atomic E-state index is 10.8. The molecule has 3 nitrogen and oxygen atoms in total. The first kappa shape index (κ1) is 6.55. The molecule has 0 aliphatic carbocycles. The number of nitrogens with zero attached hydrogens (tertiary/aromatic N) is 1. The van der Waals surface area contributed by atoms with Crippen molar-refractivity contribution in [3.05, 3.63) is 0 Å². The summed E-state index contributed by atoms with van der Waals surface area (Å²) in [4.78, 5) is 12.7. The van der Waals surface area contributed by atoms with Gasteiger partial charge in [-0.2, -0.15) is 0 Å². The Hall–Kier alpha value is -0.570. The monoisotopic (exact) mass is 129 g/mol. The molecule has 0 amide bonds. The minimum absolute atomic E-state index is 0.0601. The summed E-state index contributed by atoms with van der Waals surface area (Å²) < 4.78 is 4.76. The SMILES string of the molecule is CCOC(=O)C1CN1C. The fourth-order valence-electron chi connectivity index (χ4n) is 0.719. The fourth-order valence-corrected chi connectivity index (χ4v) is 0.719. The molecule has 1 fully saturated rings. The molecule has 0 spiro atoms. The van der Waals surface area contributed by atoms with E-state index in [1.807, 2.05) is 18.9 Å². The molecule has 0 radical (unpaired) electrons. The molecular weight excluding hydrogens is 118 g/mol. The summed E-state index contributed by atoms with van der Waals surface area (Å²) in [6.07, 6.45) is 0. The van der Waals surface area contributed by atoms with Crippen molar-refractivity contribution in [2.75, 3.05) is 20.2 Å². The Morgan fingerprint density at radius 3 is 2.78 bits per heavy atom. The quantitative estimate of drug-likeness (QED) is 0.384. The van der Waals surface area contributed by atoms with Gasteiger partial charge in [-0.3, -0.25) is 9.69 Å². The van der Waals surface area contributed by atoms with Crippen molar-refractivity contribution >= 4 is 5.97 Å². The first-order valence-electron chi connectivity index (χ1n) is 3.12. The van der Waals surface area contributed by atoms with Crippen molar-refractivity contribution in [2.45, 2.75) is 13.0 Å². The van der Waals surface area contributed by atoms with Crippen LogP contribution in [0.3, 0.4) is 0 Å². The van der Waals surface area contributed by atoms with Gasteiger partial charge in [-0.25, -0.2) is 0 Å². The van der Waals surface area contributed by atoms with Crippen LogP contribution in [0.1, 0.15) is 6.92 Å². The second kappa shape index (κ2) is 2.35. The third kappa shape index (κ3) is 1.42. The number of ether oxygens (including phenoxy) is 1. The zero-order valence-corrected chi connectivity index (χ0v) is 5.76. The van der Waals surface area contributed by atoms with Gasteiger partial charge in [-0.15, -0.1) is 0 Å². The molecule has 3 heteroatoms. The molecule has 0 aromatic rings. The highest BCUT2D eigenvalue weighted by Gasteiger charge is 2.37. The smallest absolute Gasteiger partial charge is 0.324 e. The summed E-state index contributed by atoms with van der Waals surface area (Å²) in [6, 6.07) is 0.0601. The predicted octanol–water partition coefficient (Wildman–Crippen LogP) is -0.137. The number of hydrogen-bond donors (Lipinski definition) is 0. The van der Waals surface area contributed by atoms with E-state index in [4.69, 9.17) is 4.74 Å². The van der Waals surface area contributed by atoms with Crippen molar-refractivity contribution < 1.29 is 9.53 Å². The first-order valence-corrected chi connectivity index (χ1v) is 3.12. The highest BCUT2D eigenvalue weighted by molar-refractivity contribution is 5.78. The van der Waals surface area contributed by atoms with Crippen molar-refractivity contribution in [3.8, 4) is 0 Å². The van der Waals surface area contributed by atoms with Gasteiger partial charge < -0.3 is 4.74 Å². The van der Waals surface area contributed by atoms with Crippen LogP contribution in [0.25, 0.3) is 0 Å². The molecule has 1 rings (SSSR count). The van der Waals surface area contributed by atoms with Gasteiger partial charge in [0.15, 0.2) is 0 Å². The number of hydrogen-bond acceptors (Lipinski definition) is 3. The molecule has 52 valence electrons. The summed E-state index contributed by atoms with van der Waals surface area (Å²) in [6.45, 7) is 3.17. The normalized spacial score (nSPS) is 31.8. The molecule has 2 unspecified atom stereocenters. The summed E-state index contributed by atoms with van der Waals surface area (Å²) in [5, 5.41) is 0. The number of carbonyl (C=O) groups excluding carboxylic acids is 1. The van der Waals surface area contributed by atoms with Gasteiger partial charge in [0.25, 0.3) is 0 Å². The first-order chi connectivity index (χ1) is 4.25. The summed E-state index contributed by atoms with van der Waals surface area (Å²) >= 11 is 0. The lowest BCUT2D eigenvalue weighted by Crippen LogP contribution is -2.14. The van der Waals surface area contributed by atoms with Crippen LogP contribution in [0, 0.1) is 0 Å². The molecule has 0 saturated carbocycles. The minimum Gasteiger partial charge on any atom is -0.465 e. The largest absolute Gasteiger partial charge is 0.465 e. The van der Waals surface area contributed by atoms with E-state index in [1.54, 1.807) is 0 Å². The van der Waals surface area contributed by atoms with E-state index >= 15 is 0 Å². The lowest BCUT2D eigenvalue weighted by atomic mass is 10.5. The maximum absolute atomic E-state index is 10.8. The molecule has 1 heterocycles. The van der Waals surface area contributed by atoms with Gasteiger partial charge in [-0.05, 0) is 14.0 Å². The Balaban J connectivity index is 2.20. The number of likely N-dealkylation sites (N-methyl/N-ethyl adjacent to an activating group) is 1. The van der Waals surface area contributed by atoms with Crippen LogP contribution in [0.2, 0.25) is 0 Å². The van der Waals surface area contributed by atoms with Crippen LogP contribution in [-0.2, 0) is 9.53 Å². The van der Waals surface area contributed by atoms with E-state index in [-0.39, 0.29) is 12.0 Å². The van der Waals surface area contributed by atoms with E-state index in [2.05, 4.69) is 0 Å². The predicted molar refractivity (Wildman–Crippen MR) is 33.1 cm³/mol. The van der Waals surface area contributed by atoms with E-state index < -0.39 is 0 Å². The van der Waals surface area contributed by atoms with Crippen molar-refractivity contribution in [1.29, 1.82) is 0 Å². The molecule has 1 aliphatic heterocycles. The molecule has 1 aliphatic rings.